The topological polar surface area (TPSA) is 71.3 Å². The van der Waals surface area contributed by atoms with Gasteiger partial charge in [0.2, 0.25) is 0 Å². The maximum absolute atomic E-state index is 12.2. The molecule has 0 spiro atoms. The summed E-state index contributed by atoms with van der Waals surface area (Å²) in [6.45, 7) is 6.44. The smallest absolute Gasteiger partial charge is 0.508 e. The molecule has 0 aromatic heterocycles. The average Bonchev–Trinajstić information content (AvgIpc) is 2.38. The number of carbonyl (C=O) groups excluding carboxylic acids is 2. The Kier molecular flexibility index (Phi) is 4.18. The molecular weight excluding hydrogens is 272 g/mol. The van der Waals surface area contributed by atoms with E-state index in [2.05, 4.69) is 0 Å². The minimum atomic E-state index is -0.554. The summed E-state index contributed by atoms with van der Waals surface area (Å²) in [6, 6.07) is 6.45. The number of benzene rings is 1. The maximum atomic E-state index is 12.2. The van der Waals surface area contributed by atoms with Crippen LogP contribution in [-0.2, 0) is 9.53 Å². The lowest BCUT2D eigenvalue weighted by Crippen LogP contribution is -3.18. The third-order valence-electron chi connectivity index (χ3n) is 3.15. The number of aromatic hydroxyl groups is 1. The Balaban J connectivity index is 2.01. The fraction of sp³-hybridized carbons (Fsp3) is 0.467. The van der Waals surface area contributed by atoms with Gasteiger partial charge in [0, 0.05) is 5.69 Å². The van der Waals surface area contributed by atoms with Gasteiger partial charge in [0.25, 0.3) is 5.91 Å². The molecule has 0 aliphatic carbocycles. The number of ether oxygens (including phenoxy) is 1. The van der Waals surface area contributed by atoms with Crippen molar-refractivity contribution in [3.63, 3.8) is 0 Å². The molecule has 1 aromatic rings. The van der Waals surface area contributed by atoms with E-state index in [4.69, 9.17) is 4.74 Å². The highest BCUT2D eigenvalue weighted by atomic mass is 16.6. The van der Waals surface area contributed by atoms with Crippen LogP contribution in [0.3, 0.4) is 0 Å². The number of nitrogens with one attached hydrogen (secondary N) is 1. The van der Waals surface area contributed by atoms with Crippen molar-refractivity contribution < 1.29 is 24.3 Å². The Labute approximate surface area is 123 Å². The first kappa shape index (κ1) is 15.3. The van der Waals surface area contributed by atoms with Crippen LogP contribution in [0.1, 0.15) is 20.8 Å². The molecule has 0 radical (unpaired) electrons. The normalized spacial score (nSPS) is 19.5. The Morgan fingerprint density at radius 3 is 2.43 bits per heavy atom. The molecule has 1 unspecified atom stereocenters. The summed E-state index contributed by atoms with van der Waals surface area (Å²) in [6.07, 6.45) is -0.388. The predicted octanol–water partition coefficient (Wildman–Crippen LogP) is 0.559. The molecule has 1 atom stereocenters. The standard InChI is InChI=1S/C15H20N2O4/c1-15(2,3)21-14(20)16-8-9-17(13(19)10-16)11-4-6-12(18)7-5-11/h4-7,18H,8-10H2,1-3H3/p+1. The minimum absolute atomic E-state index is 0.0792. The van der Waals surface area contributed by atoms with Gasteiger partial charge in [-0.2, -0.15) is 4.79 Å². The Bertz CT molecular complexity index is 534. The van der Waals surface area contributed by atoms with Gasteiger partial charge in [-0.15, -0.1) is 0 Å². The molecule has 1 aromatic carbocycles. The van der Waals surface area contributed by atoms with Crippen molar-refractivity contribution in [3.05, 3.63) is 24.3 Å². The zero-order valence-corrected chi connectivity index (χ0v) is 12.5. The Hall–Kier alpha value is -2.08. The Morgan fingerprint density at radius 1 is 1.29 bits per heavy atom. The second kappa shape index (κ2) is 5.73. The van der Waals surface area contributed by atoms with E-state index < -0.39 is 5.60 Å². The molecule has 2 amide bonds. The van der Waals surface area contributed by atoms with Crippen molar-refractivity contribution in [2.24, 2.45) is 0 Å². The number of rotatable bonds is 1. The zero-order valence-electron chi connectivity index (χ0n) is 12.5. The molecule has 2 rings (SSSR count). The quantitative estimate of drug-likeness (QED) is 0.793. The number of alkyl carbamates (subject to hydrolysis) is 2. The zero-order chi connectivity index (χ0) is 15.6. The van der Waals surface area contributed by atoms with Gasteiger partial charge in [-0.3, -0.25) is 4.79 Å². The van der Waals surface area contributed by atoms with Crippen LogP contribution in [0.25, 0.3) is 0 Å². The van der Waals surface area contributed by atoms with Crippen LogP contribution in [0.5, 0.6) is 5.75 Å². The fourth-order valence-electron chi connectivity index (χ4n) is 2.17. The Morgan fingerprint density at radius 2 is 1.90 bits per heavy atom. The van der Waals surface area contributed by atoms with Crippen LogP contribution >= 0.6 is 0 Å². The lowest BCUT2D eigenvalue weighted by atomic mass is 10.2. The van der Waals surface area contributed by atoms with Gasteiger partial charge in [-0.1, -0.05) is 0 Å². The van der Waals surface area contributed by atoms with E-state index in [-0.39, 0.29) is 24.3 Å². The lowest BCUT2D eigenvalue weighted by molar-refractivity contribution is -0.817. The van der Waals surface area contributed by atoms with Crippen LogP contribution in [0, 0.1) is 0 Å². The second-order valence-electron chi connectivity index (χ2n) is 6.09. The number of nitrogens with zero attached hydrogens (tertiary/aromatic N) is 1. The van der Waals surface area contributed by atoms with E-state index in [9.17, 15) is 14.7 Å². The van der Waals surface area contributed by atoms with Gasteiger partial charge in [0.15, 0.2) is 6.54 Å². The molecule has 2 N–H and O–H groups in total. The largest absolute Gasteiger partial charge is 0.515 e. The van der Waals surface area contributed by atoms with Gasteiger partial charge in [0.05, 0.1) is 6.54 Å². The van der Waals surface area contributed by atoms with E-state index in [1.807, 2.05) is 0 Å². The van der Waals surface area contributed by atoms with E-state index in [1.165, 1.54) is 12.1 Å². The molecule has 114 valence electrons. The predicted molar refractivity (Wildman–Crippen MR) is 77.4 cm³/mol. The van der Waals surface area contributed by atoms with Crippen molar-refractivity contribution in [1.29, 1.82) is 0 Å². The number of hydrogen-bond acceptors (Lipinski definition) is 4. The van der Waals surface area contributed by atoms with Crippen LogP contribution in [0.4, 0.5) is 10.5 Å². The molecular formula is C15H21N2O4+. The lowest BCUT2D eigenvalue weighted by Gasteiger charge is -2.31. The van der Waals surface area contributed by atoms with Gasteiger partial charge in [-0.05, 0) is 45.0 Å². The molecule has 1 aliphatic heterocycles. The minimum Gasteiger partial charge on any atom is -0.508 e. The number of phenolic OH excluding ortho intramolecular Hbond substituents is 1. The molecule has 6 nitrogen and oxygen atoms in total. The summed E-state index contributed by atoms with van der Waals surface area (Å²) >= 11 is 0. The van der Waals surface area contributed by atoms with Crippen molar-refractivity contribution in [2.75, 3.05) is 24.5 Å². The summed E-state index contributed by atoms with van der Waals surface area (Å²) in [5.74, 6) is 0.0250. The van der Waals surface area contributed by atoms with Gasteiger partial charge in [0.1, 0.15) is 17.9 Å². The van der Waals surface area contributed by atoms with Crippen molar-refractivity contribution in [2.45, 2.75) is 26.4 Å². The second-order valence-corrected chi connectivity index (χ2v) is 6.09. The van der Waals surface area contributed by atoms with Gasteiger partial charge in [-0.25, -0.2) is 4.90 Å². The highest BCUT2D eigenvalue weighted by Crippen LogP contribution is 2.18. The number of carbonyl (C=O) groups is 2. The molecule has 1 heterocycles. The molecule has 0 saturated carbocycles. The fourth-order valence-corrected chi connectivity index (χ4v) is 2.17. The summed E-state index contributed by atoms with van der Waals surface area (Å²) in [5, 5.41) is 9.28. The molecule has 1 fully saturated rings. The van der Waals surface area contributed by atoms with Gasteiger partial charge >= 0.3 is 6.09 Å². The van der Waals surface area contributed by atoms with E-state index in [1.54, 1.807) is 37.8 Å². The summed E-state index contributed by atoms with van der Waals surface area (Å²) < 4.78 is 5.30. The van der Waals surface area contributed by atoms with Crippen molar-refractivity contribution in [1.82, 2.24) is 0 Å². The third-order valence-corrected chi connectivity index (χ3v) is 3.15. The average molecular weight is 293 g/mol. The molecule has 1 aliphatic rings. The third kappa shape index (κ3) is 3.95. The van der Waals surface area contributed by atoms with Crippen LogP contribution < -0.4 is 9.80 Å². The molecule has 1 saturated heterocycles. The van der Waals surface area contributed by atoms with E-state index in [0.29, 0.717) is 18.0 Å². The van der Waals surface area contributed by atoms with E-state index >= 15 is 0 Å². The maximum Gasteiger partial charge on any atom is 0.515 e. The van der Waals surface area contributed by atoms with E-state index in [0.717, 1.165) is 5.69 Å². The van der Waals surface area contributed by atoms with Crippen LogP contribution in [-0.4, -0.2) is 42.3 Å². The number of quaternary nitrogens is 1. The first-order valence-electron chi connectivity index (χ1n) is 6.94. The summed E-state index contributed by atoms with van der Waals surface area (Å²) in [5.41, 5.74) is 0.169. The number of anilines is 1. The van der Waals surface area contributed by atoms with Crippen molar-refractivity contribution >= 4 is 17.7 Å². The van der Waals surface area contributed by atoms with Crippen LogP contribution in [0.2, 0.25) is 0 Å². The summed E-state index contributed by atoms with van der Waals surface area (Å²) in [4.78, 5) is 26.3. The molecule has 0 bridgehead atoms. The summed E-state index contributed by atoms with van der Waals surface area (Å²) in [7, 11) is 0. The SMILES string of the molecule is CC(C)(C)OC(=O)[NH+]1CCN(c2ccc(O)cc2)C(=O)C1. The number of piperazine rings is 1. The monoisotopic (exact) mass is 293 g/mol. The van der Waals surface area contributed by atoms with Crippen LogP contribution in [0.15, 0.2) is 24.3 Å². The highest BCUT2D eigenvalue weighted by Gasteiger charge is 2.35. The number of phenols is 1. The first-order valence-corrected chi connectivity index (χ1v) is 6.94. The molecule has 6 heteroatoms. The first-order chi connectivity index (χ1) is 9.76. The van der Waals surface area contributed by atoms with Crippen molar-refractivity contribution in [3.8, 4) is 5.75 Å². The number of amides is 2. The highest BCUT2D eigenvalue weighted by molar-refractivity contribution is 5.95. The van der Waals surface area contributed by atoms with Gasteiger partial charge < -0.3 is 14.7 Å². The molecule has 21 heavy (non-hydrogen) atoms. The number of hydrogen-bond donors (Lipinski definition) is 2.